The van der Waals surface area contributed by atoms with Gasteiger partial charge in [0.25, 0.3) is 5.91 Å². The summed E-state index contributed by atoms with van der Waals surface area (Å²) < 4.78 is 11.5. The van der Waals surface area contributed by atoms with Crippen molar-refractivity contribution in [3.63, 3.8) is 0 Å². The molecule has 1 amide bonds. The Hall–Kier alpha value is -1.28. The van der Waals surface area contributed by atoms with Gasteiger partial charge in [-0.15, -0.1) is 11.3 Å². The fourth-order valence-corrected chi connectivity index (χ4v) is 4.59. The molecule has 1 atom stereocenters. The molecule has 1 aromatic carbocycles. The van der Waals surface area contributed by atoms with Crippen LogP contribution in [0.2, 0.25) is 0 Å². The number of nitrogens with zero attached hydrogens (tertiary/aromatic N) is 1. The van der Waals surface area contributed by atoms with Crippen LogP contribution in [-0.4, -0.2) is 31.6 Å². The predicted octanol–water partition coefficient (Wildman–Crippen LogP) is 4.13. The number of rotatable bonds is 3. The normalized spacial score (nSPS) is 16.9. The van der Waals surface area contributed by atoms with Gasteiger partial charge in [0.2, 0.25) is 0 Å². The molecule has 6 heteroatoms. The molecule has 0 radical (unpaired) electrons. The van der Waals surface area contributed by atoms with Crippen LogP contribution in [0, 0.1) is 3.57 Å². The van der Waals surface area contributed by atoms with Crippen molar-refractivity contribution in [2.24, 2.45) is 0 Å². The Kier molecular flexibility index (Phi) is 4.82. The lowest BCUT2D eigenvalue weighted by Crippen LogP contribution is -2.38. The lowest BCUT2D eigenvalue weighted by Gasteiger charge is -2.34. The highest BCUT2D eigenvalue weighted by Gasteiger charge is 2.30. The molecule has 3 rings (SSSR count). The van der Waals surface area contributed by atoms with Crippen LogP contribution in [0.1, 0.15) is 33.8 Å². The fraction of sp³-hybridized carbons (Fsp3) is 0.353. The molecule has 0 saturated heterocycles. The van der Waals surface area contributed by atoms with Gasteiger partial charge in [0.15, 0.2) is 11.5 Å². The number of thiophene rings is 1. The highest BCUT2D eigenvalue weighted by Crippen LogP contribution is 2.36. The van der Waals surface area contributed by atoms with Gasteiger partial charge in [0.1, 0.15) is 0 Å². The summed E-state index contributed by atoms with van der Waals surface area (Å²) in [5.41, 5.74) is 1.93. The molecule has 2 aromatic rings. The number of halogens is 1. The Morgan fingerprint density at radius 1 is 1.30 bits per heavy atom. The minimum absolute atomic E-state index is 0.0414. The first-order chi connectivity index (χ1) is 11.1. The van der Waals surface area contributed by atoms with Crippen LogP contribution in [0.3, 0.4) is 0 Å². The Morgan fingerprint density at radius 3 is 2.70 bits per heavy atom. The van der Waals surface area contributed by atoms with Crippen molar-refractivity contribution in [2.45, 2.75) is 19.4 Å². The van der Waals surface area contributed by atoms with E-state index in [9.17, 15) is 4.79 Å². The molecule has 23 heavy (non-hydrogen) atoms. The van der Waals surface area contributed by atoms with Crippen LogP contribution in [0.25, 0.3) is 0 Å². The van der Waals surface area contributed by atoms with Crippen LogP contribution < -0.4 is 9.47 Å². The van der Waals surface area contributed by atoms with Crippen LogP contribution in [-0.2, 0) is 6.42 Å². The van der Waals surface area contributed by atoms with Crippen molar-refractivity contribution < 1.29 is 14.3 Å². The molecule has 0 spiro atoms. The highest BCUT2D eigenvalue weighted by molar-refractivity contribution is 14.1. The maximum Gasteiger partial charge on any atom is 0.255 e. The van der Waals surface area contributed by atoms with E-state index >= 15 is 0 Å². The number of methoxy groups -OCH3 is 2. The van der Waals surface area contributed by atoms with Crippen molar-refractivity contribution in [2.75, 3.05) is 20.8 Å². The third-order valence-electron chi connectivity index (χ3n) is 4.24. The van der Waals surface area contributed by atoms with Crippen molar-refractivity contribution in [3.05, 3.63) is 43.2 Å². The van der Waals surface area contributed by atoms with Gasteiger partial charge in [-0.25, -0.2) is 0 Å². The van der Waals surface area contributed by atoms with E-state index in [1.54, 1.807) is 31.6 Å². The summed E-state index contributed by atoms with van der Waals surface area (Å²) in [5, 5.41) is 2.11. The molecule has 0 aliphatic carbocycles. The first-order valence-electron chi connectivity index (χ1n) is 7.35. The van der Waals surface area contributed by atoms with E-state index in [0.717, 1.165) is 16.5 Å². The zero-order valence-corrected chi connectivity index (χ0v) is 16.2. The lowest BCUT2D eigenvalue weighted by atomic mass is 10.00. The molecule has 1 unspecified atom stereocenters. The number of amides is 1. The molecular weight excluding hydrogens is 425 g/mol. The minimum atomic E-state index is 0.0414. The zero-order valence-electron chi connectivity index (χ0n) is 13.3. The van der Waals surface area contributed by atoms with E-state index in [2.05, 4.69) is 41.0 Å². The zero-order chi connectivity index (χ0) is 16.6. The summed E-state index contributed by atoms with van der Waals surface area (Å²) in [7, 11) is 3.18. The molecule has 2 heterocycles. The fourth-order valence-electron chi connectivity index (χ4n) is 2.96. The van der Waals surface area contributed by atoms with Gasteiger partial charge in [-0.1, -0.05) is 0 Å². The summed E-state index contributed by atoms with van der Waals surface area (Å²) in [6.45, 7) is 2.84. The standard InChI is InChI=1S/C17H18INO3S/c1-10-11-5-7-23-16(11)4-6-19(10)17(20)12-8-14(21-2)15(22-3)9-13(12)18/h5,7-10H,4,6H2,1-3H3. The Bertz CT molecular complexity index is 743. The average Bonchev–Trinajstić information content (AvgIpc) is 3.04. The van der Waals surface area contributed by atoms with Gasteiger partial charge in [-0.2, -0.15) is 0 Å². The second-order valence-corrected chi connectivity index (χ2v) is 7.57. The number of benzene rings is 1. The molecule has 0 bridgehead atoms. The number of carbonyl (C=O) groups excluding carboxylic acids is 1. The number of fused-ring (bicyclic) bond motifs is 1. The maximum atomic E-state index is 13.1. The monoisotopic (exact) mass is 443 g/mol. The van der Waals surface area contributed by atoms with Gasteiger partial charge < -0.3 is 14.4 Å². The first kappa shape index (κ1) is 16.6. The quantitative estimate of drug-likeness (QED) is 0.670. The van der Waals surface area contributed by atoms with Gasteiger partial charge in [-0.05, 0) is 65.1 Å². The van der Waals surface area contributed by atoms with Crippen LogP contribution in [0.5, 0.6) is 11.5 Å². The van der Waals surface area contributed by atoms with E-state index in [0.29, 0.717) is 17.1 Å². The van der Waals surface area contributed by atoms with Crippen molar-refractivity contribution in [1.82, 2.24) is 4.90 Å². The molecule has 0 fully saturated rings. The molecule has 0 saturated carbocycles. The van der Waals surface area contributed by atoms with Crippen LogP contribution in [0.15, 0.2) is 23.6 Å². The van der Waals surface area contributed by atoms with E-state index in [1.807, 2.05) is 11.0 Å². The summed E-state index contributed by atoms with van der Waals surface area (Å²) in [6.07, 6.45) is 0.924. The van der Waals surface area contributed by atoms with Gasteiger partial charge in [0.05, 0.1) is 25.8 Å². The summed E-state index contributed by atoms with van der Waals surface area (Å²) in [5.74, 6) is 1.26. The summed E-state index contributed by atoms with van der Waals surface area (Å²) in [6, 6.07) is 5.85. The predicted molar refractivity (Wildman–Crippen MR) is 99.7 cm³/mol. The lowest BCUT2D eigenvalue weighted by molar-refractivity contribution is 0.0678. The molecule has 1 aliphatic heterocycles. The Morgan fingerprint density at radius 2 is 2.00 bits per heavy atom. The van der Waals surface area contributed by atoms with E-state index in [4.69, 9.17) is 9.47 Å². The average molecular weight is 443 g/mol. The third kappa shape index (κ3) is 2.94. The molecule has 1 aliphatic rings. The SMILES string of the molecule is COc1cc(I)c(C(=O)N2CCc3sccc3C2C)cc1OC. The second kappa shape index (κ2) is 6.68. The Balaban J connectivity index is 1.95. The van der Waals surface area contributed by atoms with Crippen LogP contribution >= 0.6 is 33.9 Å². The number of hydrogen-bond donors (Lipinski definition) is 0. The van der Waals surface area contributed by atoms with Crippen LogP contribution in [0.4, 0.5) is 0 Å². The van der Waals surface area contributed by atoms with E-state index in [1.165, 1.54) is 10.4 Å². The Labute approximate surface area is 153 Å². The molecule has 122 valence electrons. The molecule has 4 nitrogen and oxygen atoms in total. The van der Waals surface area contributed by atoms with Gasteiger partial charge >= 0.3 is 0 Å². The molecule has 1 aromatic heterocycles. The third-order valence-corrected chi connectivity index (χ3v) is 6.13. The topological polar surface area (TPSA) is 38.8 Å². The van der Waals surface area contributed by atoms with Gasteiger partial charge in [0, 0.05) is 15.0 Å². The first-order valence-corrected chi connectivity index (χ1v) is 9.31. The molecular formula is C17H18INO3S. The minimum Gasteiger partial charge on any atom is -0.493 e. The van der Waals surface area contributed by atoms with Crippen molar-refractivity contribution in [1.29, 1.82) is 0 Å². The summed E-state index contributed by atoms with van der Waals surface area (Å²) >= 11 is 3.96. The summed E-state index contributed by atoms with van der Waals surface area (Å²) in [4.78, 5) is 16.4. The van der Waals surface area contributed by atoms with Crippen molar-refractivity contribution >= 4 is 39.8 Å². The van der Waals surface area contributed by atoms with Gasteiger partial charge in [-0.3, -0.25) is 4.79 Å². The smallest absolute Gasteiger partial charge is 0.255 e. The largest absolute Gasteiger partial charge is 0.493 e. The number of hydrogen-bond acceptors (Lipinski definition) is 4. The number of ether oxygens (including phenoxy) is 2. The van der Waals surface area contributed by atoms with E-state index in [-0.39, 0.29) is 11.9 Å². The maximum absolute atomic E-state index is 13.1. The second-order valence-electron chi connectivity index (χ2n) is 5.41. The highest BCUT2D eigenvalue weighted by atomic mass is 127. The van der Waals surface area contributed by atoms with E-state index < -0.39 is 0 Å². The molecule has 0 N–H and O–H groups in total. The number of carbonyl (C=O) groups is 1. The van der Waals surface area contributed by atoms with Crippen molar-refractivity contribution in [3.8, 4) is 11.5 Å².